The third-order valence-electron chi connectivity index (χ3n) is 4.59. The maximum absolute atomic E-state index is 13.0. The number of alkyl halides is 3. The average molecular weight is 375 g/mol. The molecule has 0 amide bonds. The van der Waals surface area contributed by atoms with Gasteiger partial charge in [-0.25, -0.2) is 0 Å². The predicted octanol–water partition coefficient (Wildman–Crippen LogP) is 5.47. The monoisotopic (exact) mass is 375 g/mol. The van der Waals surface area contributed by atoms with Crippen LogP contribution in [0.4, 0.5) is 13.2 Å². The highest BCUT2D eigenvalue weighted by molar-refractivity contribution is 6.12. The maximum Gasteiger partial charge on any atom is 0.454 e. The van der Waals surface area contributed by atoms with Crippen LogP contribution in [0.25, 0.3) is 10.9 Å². The van der Waals surface area contributed by atoms with E-state index in [2.05, 4.69) is 0 Å². The average Bonchev–Trinajstić information content (AvgIpc) is 2.90. The van der Waals surface area contributed by atoms with Gasteiger partial charge < -0.3 is 9.30 Å². The summed E-state index contributed by atoms with van der Waals surface area (Å²) < 4.78 is 46.5. The van der Waals surface area contributed by atoms with E-state index in [0.29, 0.717) is 36.2 Å². The standard InChI is InChI=1S/C21H20F3NO2/c1-14-8-3-6-11-18(14)27-13-7-12-25-15(2)19(20(26)21(22,23)24)16-9-4-5-10-17(16)25/h3-6,8-11H,7,12-13H2,1-2H3. The molecule has 0 atom stereocenters. The lowest BCUT2D eigenvalue weighted by Crippen LogP contribution is -2.23. The Labute approximate surface area is 155 Å². The minimum absolute atomic E-state index is 0.266. The van der Waals surface area contributed by atoms with Crippen molar-refractivity contribution in [2.45, 2.75) is 33.0 Å². The van der Waals surface area contributed by atoms with E-state index in [1.807, 2.05) is 31.2 Å². The highest BCUT2D eigenvalue weighted by Gasteiger charge is 2.41. The molecule has 0 spiro atoms. The van der Waals surface area contributed by atoms with Crippen molar-refractivity contribution in [1.29, 1.82) is 0 Å². The molecule has 0 bridgehead atoms. The zero-order valence-corrected chi connectivity index (χ0v) is 15.1. The van der Waals surface area contributed by atoms with Gasteiger partial charge >= 0.3 is 6.18 Å². The molecule has 2 aromatic carbocycles. The summed E-state index contributed by atoms with van der Waals surface area (Å²) in [6, 6.07) is 14.3. The van der Waals surface area contributed by atoms with Crippen molar-refractivity contribution in [2.24, 2.45) is 0 Å². The van der Waals surface area contributed by atoms with Crippen LogP contribution in [0.3, 0.4) is 0 Å². The van der Waals surface area contributed by atoms with Crippen LogP contribution in [-0.2, 0) is 6.54 Å². The van der Waals surface area contributed by atoms with E-state index in [1.54, 1.807) is 35.8 Å². The zero-order valence-electron chi connectivity index (χ0n) is 15.1. The Hall–Kier alpha value is -2.76. The Bertz CT molecular complexity index is 973. The van der Waals surface area contributed by atoms with Gasteiger partial charge in [-0.05, 0) is 38.0 Å². The predicted molar refractivity (Wildman–Crippen MR) is 98.4 cm³/mol. The maximum atomic E-state index is 13.0. The fourth-order valence-corrected chi connectivity index (χ4v) is 3.27. The van der Waals surface area contributed by atoms with Crippen LogP contribution in [0.1, 0.15) is 28.0 Å². The molecule has 6 heteroatoms. The summed E-state index contributed by atoms with van der Waals surface area (Å²) in [5.74, 6) is -1.01. The number of Topliss-reactive ketones (excluding diaryl/α,β-unsaturated/α-hetero) is 1. The number of para-hydroxylation sites is 2. The van der Waals surface area contributed by atoms with Crippen molar-refractivity contribution in [3.63, 3.8) is 0 Å². The van der Waals surface area contributed by atoms with E-state index in [1.165, 1.54) is 0 Å². The molecule has 3 aromatic rings. The van der Waals surface area contributed by atoms with Crippen molar-refractivity contribution >= 4 is 16.7 Å². The van der Waals surface area contributed by atoms with Gasteiger partial charge in [0, 0.05) is 23.1 Å². The van der Waals surface area contributed by atoms with Gasteiger partial charge in [0.1, 0.15) is 5.75 Å². The molecular weight excluding hydrogens is 355 g/mol. The topological polar surface area (TPSA) is 31.2 Å². The minimum Gasteiger partial charge on any atom is -0.493 e. The molecule has 0 saturated heterocycles. The number of rotatable bonds is 6. The number of carbonyl (C=O) groups excluding carboxylic acids is 1. The van der Waals surface area contributed by atoms with Crippen LogP contribution in [0, 0.1) is 13.8 Å². The molecule has 0 N–H and O–H groups in total. The summed E-state index contributed by atoms with van der Waals surface area (Å²) in [6.07, 6.45) is -4.29. The lowest BCUT2D eigenvalue weighted by molar-refractivity contribution is -0.0884. The quantitative estimate of drug-likeness (QED) is 0.422. The zero-order chi connectivity index (χ0) is 19.6. The number of benzene rings is 2. The SMILES string of the molecule is Cc1ccccc1OCCCn1c(C)c(C(=O)C(F)(F)F)c2ccccc21. The number of hydrogen-bond acceptors (Lipinski definition) is 2. The highest BCUT2D eigenvalue weighted by Crippen LogP contribution is 2.32. The van der Waals surface area contributed by atoms with Gasteiger partial charge in [0.25, 0.3) is 5.78 Å². The van der Waals surface area contributed by atoms with Crippen LogP contribution >= 0.6 is 0 Å². The summed E-state index contributed by atoms with van der Waals surface area (Å²) in [6.45, 7) is 4.40. The Morgan fingerprint density at radius 1 is 1.04 bits per heavy atom. The minimum atomic E-state index is -4.90. The van der Waals surface area contributed by atoms with E-state index < -0.39 is 12.0 Å². The van der Waals surface area contributed by atoms with Gasteiger partial charge in [0.2, 0.25) is 0 Å². The molecule has 142 valence electrons. The molecule has 1 aromatic heterocycles. The Kier molecular flexibility index (Phi) is 5.26. The second-order valence-electron chi connectivity index (χ2n) is 6.42. The summed E-state index contributed by atoms with van der Waals surface area (Å²) in [4.78, 5) is 11.9. The molecule has 0 fully saturated rings. The molecule has 1 heterocycles. The molecule has 3 nitrogen and oxygen atoms in total. The number of halogens is 3. The van der Waals surface area contributed by atoms with Crippen molar-refractivity contribution in [3.8, 4) is 5.75 Å². The first-order valence-electron chi connectivity index (χ1n) is 8.68. The van der Waals surface area contributed by atoms with Crippen LogP contribution in [0.5, 0.6) is 5.75 Å². The van der Waals surface area contributed by atoms with Crippen molar-refractivity contribution in [3.05, 3.63) is 65.4 Å². The largest absolute Gasteiger partial charge is 0.493 e. The van der Waals surface area contributed by atoms with Gasteiger partial charge in [0.05, 0.1) is 12.2 Å². The summed E-state index contributed by atoms with van der Waals surface area (Å²) in [5, 5.41) is 0.331. The fourth-order valence-electron chi connectivity index (χ4n) is 3.27. The summed E-state index contributed by atoms with van der Waals surface area (Å²) >= 11 is 0. The second-order valence-corrected chi connectivity index (χ2v) is 6.42. The molecule has 0 unspecified atom stereocenters. The van der Waals surface area contributed by atoms with E-state index in [-0.39, 0.29) is 5.56 Å². The van der Waals surface area contributed by atoms with Gasteiger partial charge in [-0.3, -0.25) is 4.79 Å². The van der Waals surface area contributed by atoms with Gasteiger partial charge in [0.15, 0.2) is 0 Å². The van der Waals surface area contributed by atoms with Gasteiger partial charge in [-0.1, -0.05) is 36.4 Å². The first-order chi connectivity index (χ1) is 12.8. The van der Waals surface area contributed by atoms with Gasteiger partial charge in [-0.2, -0.15) is 13.2 Å². The van der Waals surface area contributed by atoms with E-state index >= 15 is 0 Å². The smallest absolute Gasteiger partial charge is 0.454 e. The lowest BCUT2D eigenvalue weighted by atomic mass is 10.1. The molecule has 0 radical (unpaired) electrons. The Morgan fingerprint density at radius 2 is 1.70 bits per heavy atom. The number of aromatic nitrogens is 1. The highest BCUT2D eigenvalue weighted by atomic mass is 19.4. The Balaban J connectivity index is 1.82. The van der Waals surface area contributed by atoms with Crippen LogP contribution < -0.4 is 4.74 Å². The fraction of sp³-hybridized carbons (Fsp3) is 0.286. The number of fused-ring (bicyclic) bond motifs is 1. The van der Waals surface area contributed by atoms with Crippen molar-refractivity contribution < 1.29 is 22.7 Å². The third kappa shape index (κ3) is 3.84. The molecule has 0 aliphatic carbocycles. The van der Waals surface area contributed by atoms with E-state index in [0.717, 1.165) is 11.3 Å². The summed E-state index contributed by atoms with van der Waals surface area (Å²) in [7, 11) is 0. The van der Waals surface area contributed by atoms with Crippen LogP contribution in [-0.4, -0.2) is 23.1 Å². The van der Waals surface area contributed by atoms with Crippen LogP contribution in [0.2, 0.25) is 0 Å². The molecular formula is C21H20F3NO2. The van der Waals surface area contributed by atoms with Gasteiger partial charge in [-0.15, -0.1) is 0 Å². The number of nitrogens with zero attached hydrogens (tertiary/aromatic N) is 1. The first-order valence-corrected chi connectivity index (χ1v) is 8.68. The number of hydrogen-bond donors (Lipinski definition) is 0. The molecule has 27 heavy (non-hydrogen) atoms. The lowest BCUT2D eigenvalue weighted by Gasteiger charge is -2.11. The van der Waals surface area contributed by atoms with E-state index in [4.69, 9.17) is 4.74 Å². The molecule has 0 aliphatic rings. The third-order valence-corrected chi connectivity index (χ3v) is 4.59. The number of ether oxygens (including phenoxy) is 1. The van der Waals surface area contributed by atoms with E-state index in [9.17, 15) is 18.0 Å². The second kappa shape index (κ2) is 7.47. The number of aryl methyl sites for hydroxylation is 2. The normalized spacial score (nSPS) is 11.7. The Morgan fingerprint density at radius 3 is 2.41 bits per heavy atom. The molecule has 3 rings (SSSR count). The van der Waals surface area contributed by atoms with Crippen molar-refractivity contribution in [1.82, 2.24) is 4.57 Å². The summed E-state index contributed by atoms with van der Waals surface area (Å²) in [5.41, 5.74) is 1.71. The molecule has 0 saturated carbocycles. The first kappa shape index (κ1) is 19.0. The molecule has 0 aliphatic heterocycles. The van der Waals surface area contributed by atoms with Crippen molar-refractivity contribution in [2.75, 3.05) is 6.61 Å². The number of carbonyl (C=O) groups is 1. The van der Waals surface area contributed by atoms with Crippen LogP contribution in [0.15, 0.2) is 48.5 Å². The number of ketones is 1.